The molecule has 16 heavy (non-hydrogen) atoms. The van der Waals surface area contributed by atoms with Crippen LogP contribution < -0.4 is 0 Å². The van der Waals surface area contributed by atoms with Crippen LogP contribution in [0.2, 0.25) is 0 Å². The number of rotatable bonds is 4. The molecule has 5 nitrogen and oxygen atoms in total. The number of hydrogen-bond acceptors (Lipinski definition) is 6. The zero-order chi connectivity index (χ0) is 12.1. The van der Waals surface area contributed by atoms with Crippen LogP contribution >= 0.6 is 11.3 Å². The Hall–Kier alpha value is -1.69. The van der Waals surface area contributed by atoms with E-state index in [1.165, 1.54) is 19.2 Å². The molecule has 1 rings (SSSR count). The molecule has 0 amide bonds. The molecule has 0 saturated heterocycles. The van der Waals surface area contributed by atoms with Gasteiger partial charge in [0.25, 0.3) is 5.78 Å². The van der Waals surface area contributed by atoms with E-state index in [4.69, 9.17) is 0 Å². The Morgan fingerprint density at radius 2 is 1.88 bits per heavy atom. The van der Waals surface area contributed by atoms with Crippen LogP contribution in [0.4, 0.5) is 0 Å². The number of carbonyl (C=O) groups is 3. The van der Waals surface area contributed by atoms with Crippen molar-refractivity contribution in [3.05, 3.63) is 21.9 Å². The average Bonchev–Trinajstić information content (AvgIpc) is 2.76. The number of ketones is 1. The van der Waals surface area contributed by atoms with Gasteiger partial charge in [0.2, 0.25) is 0 Å². The standard InChI is InChI=1S/C10H10O5S/c1-3-15-10(13)8(11)6-4-5-7(16-6)9(12)14-2/h4-5H,3H2,1-2H3. The fourth-order valence-electron chi connectivity index (χ4n) is 0.967. The predicted molar refractivity (Wildman–Crippen MR) is 56.6 cm³/mol. The van der Waals surface area contributed by atoms with Gasteiger partial charge in [0.15, 0.2) is 0 Å². The van der Waals surface area contributed by atoms with Crippen molar-refractivity contribution in [1.82, 2.24) is 0 Å². The van der Waals surface area contributed by atoms with Crippen LogP contribution in [0.25, 0.3) is 0 Å². The van der Waals surface area contributed by atoms with Crippen molar-refractivity contribution >= 4 is 29.1 Å². The summed E-state index contributed by atoms with van der Waals surface area (Å²) in [7, 11) is 1.24. The molecule has 6 heteroatoms. The molecule has 0 aliphatic heterocycles. The minimum atomic E-state index is -0.916. The van der Waals surface area contributed by atoms with Gasteiger partial charge < -0.3 is 9.47 Å². The molecule has 0 fully saturated rings. The van der Waals surface area contributed by atoms with Gasteiger partial charge in [-0.3, -0.25) is 4.79 Å². The molecular formula is C10H10O5S. The van der Waals surface area contributed by atoms with Crippen LogP contribution in [-0.2, 0) is 14.3 Å². The monoisotopic (exact) mass is 242 g/mol. The molecule has 1 aromatic heterocycles. The van der Waals surface area contributed by atoms with Gasteiger partial charge in [-0.15, -0.1) is 11.3 Å². The molecule has 0 aromatic carbocycles. The van der Waals surface area contributed by atoms with E-state index in [1.54, 1.807) is 6.92 Å². The number of carbonyl (C=O) groups excluding carboxylic acids is 3. The molecule has 0 atom stereocenters. The van der Waals surface area contributed by atoms with Crippen molar-refractivity contribution in [2.75, 3.05) is 13.7 Å². The third-order valence-electron chi connectivity index (χ3n) is 1.68. The van der Waals surface area contributed by atoms with Gasteiger partial charge in [-0.25, -0.2) is 9.59 Å². The number of esters is 2. The molecule has 0 aliphatic carbocycles. The second kappa shape index (κ2) is 5.41. The smallest absolute Gasteiger partial charge is 0.380 e. The lowest BCUT2D eigenvalue weighted by Gasteiger charge is -1.97. The Labute approximate surface area is 96.0 Å². The highest BCUT2D eigenvalue weighted by Gasteiger charge is 2.21. The highest BCUT2D eigenvalue weighted by molar-refractivity contribution is 7.16. The van der Waals surface area contributed by atoms with Crippen LogP contribution in [0.1, 0.15) is 26.3 Å². The minimum Gasteiger partial charge on any atom is -0.465 e. The van der Waals surface area contributed by atoms with Gasteiger partial charge in [-0.2, -0.15) is 0 Å². The molecule has 0 saturated carbocycles. The third kappa shape index (κ3) is 2.66. The van der Waals surface area contributed by atoms with Gasteiger partial charge in [0.05, 0.1) is 18.6 Å². The second-order valence-corrected chi connectivity index (χ2v) is 3.79. The number of Topliss-reactive ketones (excluding diaryl/α,β-unsaturated/α-hetero) is 1. The summed E-state index contributed by atoms with van der Waals surface area (Å²) in [6.07, 6.45) is 0. The lowest BCUT2D eigenvalue weighted by molar-refractivity contribution is -0.137. The van der Waals surface area contributed by atoms with Crippen molar-refractivity contribution in [2.24, 2.45) is 0 Å². The lowest BCUT2D eigenvalue weighted by atomic mass is 10.3. The van der Waals surface area contributed by atoms with Crippen molar-refractivity contribution in [3.8, 4) is 0 Å². The van der Waals surface area contributed by atoms with Gasteiger partial charge in [-0.1, -0.05) is 0 Å². The molecule has 86 valence electrons. The lowest BCUT2D eigenvalue weighted by Crippen LogP contribution is -2.16. The predicted octanol–water partition coefficient (Wildman–Crippen LogP) is 1.28. The molecule has 1 heterocycles. The van der Waals surface area contributed by atoms with E-state index in [0.717, 1.165) is 11.3 Å². The summed E-state index contributed by atoms with van der Waals surface area (Å²) in [4.78, 5) is 34.1. The maximum absolute atomic E-state index is 11.4. The summed E-state index contributed by atoms with van der Waals surface area (Å²) in [5.41, 5.74) is 0. The Bertz CT molecular complexity index is 421. The Kier molecular flexibility index (Phi) is 4.19. The van der Waals surface area contributed by atoms with E-state index in [-0.39, 0.29) is 16.4 Å². The van der Waals surface area contributed by atoms with Crippen LogP contribution in [0.3, 0.4) is 0 Å². The fourth-order valence-corrected chi connectivity index (χ4v) is 1.82. The summed E-state index contributed by atoms with van der Waals surface area (Å²) >= 11 is 0.903. The number of thiophene rings is 1. The van der Waals surface area contributed by atoms with Gasteiger partial charge >= 0.3 is 11.9 Å². The Balaban J connectivity index is 2.82. The largest absolute Gasteiger partial charge is 0.465 e. The first-order valence-electron chi connectivity index (χ1n) is 4.49. The van der Waals surface area contributed by atoms with Crippen LogP contribution in [0.5, 0.6) is 0 Å². The Morgan fingerprint density at radius 1 is 1.25 bits per heavy atom. The first-order chi connectivity index (χ1) is 7.60. The first-order valence-corrected chi connectivity index (χ1v) is 5.31. The van der Waals surface area contributed by atoms with E-state index in [9.17, 15) is 14.4 Å². The van der Waals surface area contributed by atoms with E-state index < -0.39 is 17.7 Å². The molecule has 0 N–H and O–H groups in total. The first kappa shape index (κ1) is 12.4. The topological polar surface area (TPSA) is 69.7 Å². The number of ether oxygens (including phenoxy) is 2. The van der Waals surface area contributed by atoms with E-state index >= 15 is 0 Å². The van der Waals surface area contributed by atoms with Gasteiger partial charge in [0.1, 0.15) is 4.88 Å². The minimum absolute atomic E-state index is 0.139. The maximum Gasteiger partial charge on any atom is 0.380 e. The highest BCUT2D eigenvalue weighted by Crippen LogP contribution is 2.18. The zero-order valence-corrected chi connectivity index (χ0v) is 9.63. The van der Waals surface area contributed by atoms with Crippen LogP contribution in [0.15, 0.2) is 12.1 Å². The molecular weight excluding hydrogens is 232 g/mol. The summed E-state index contributed by atoms with van der Waals surface area (Å²) in [6.45, 7) is 1.75. The summed E-state index contributed by atoms with van der Waals surface area (Å²) < 4.78 is 9.04. The second-order valence-electron chi connectivity index (χ2n) is 2.71. The zero-order valence-electron chi connectivity index (χ0n) is 8.81. The molecule has 0 bridgehead atoms. The fraction of sp³-hybridized carbons (Fsp3) is 0.300. The van der Waals surface area contributed by atoms with Gasteiger partial charge in [-0.05, 0) is 19.1 Å². The SMILES string of the molecule is CCOC(=O)C(=O)c1ccc(C(=O)OC)s1. The molecule has 0 radical (unpaired) electrons. The third-order valence-corrected chi connectivity index (χ3v) is 2.74. The maximum atomic E-state index is 11.4. The molecule has 0 unspecified atom stereocenters. The molecule has 0 spiro atoms. The van der Waals surface area contributed by atoms with Crippen molar-refractivity contribution in [2.45, 2.75) is 6.92 Å². The Morgan fingerprint density at radius 3 is 2.44 bits per heavy atom. The highest BCUT2D eigenvalue weighted by atomic mass is 32.1. The normalized spacial score (nSPS) is 9.62. The van der Waals surface area contributed by atoms with Crippen LogP contribution in [0, 0.1) is 0 Å². The van der Waals surface area contributed by atoms with E-state index in [1.807, 2.05) is 0 Å². The number of methoxy groups -OCH3 is 1. The summed E-state index contributed by atoms with van der Waals surface area (Å²) in [5.74, 6) is -2.20. The average molecular weight is 242 g/mol. The van der Waals surface area contributed by atoms with E-state index in [2.05, 4.69) is 9.47 Å². The summed E-state index contributed by atoms with van der Waals surface area (Å²) in [6, 6.07) is 2.83. The van der Waals surface area contributed by atoms with Crippen molar-refractivity contribution < 1.29 is 23.9 Å². The van der Waals surface area contributed by atoms with Crippen molar-refractivity contribution in [3.63, 3.8) is 0 Å². The summed E-state index contributed by atoms with van der Waals surface area (Å²) in [5, 5.41) is 0. The molecule has 0 aliphatic rings. The molecule has 1 aromatic rings. The van der Waals surface area contributed by atoms with Gasteiger partial charge in [0, 0.05) is 0 Å². The quantitative estimate of drug-likeness (QED) is 0.452. The van der Waals surface area contributed by atoms with Crippen molar-refractivity contribution in [1.29, 1.82) is 0 Å². The van der Waals surface area contributed by atoms with E-state index in [0.29, 0.717) is 0 Å². The van der Waals surface area contributed by atoms with Crippen LogP contribution in [-0.4, -0.2) is 31.4 Å². The number of hydrogen-bond donors (Lipinski definition) is 0.